The highest BCUT2D eigenvalue weighted by atomic mass is 16.1. The van der Waals surface area contributed by atoms with Crippen molar-refractivity contribution in [1.82, 2.24) is 19.9 Å². The van der Waals surface area contributed by atoms with E-state index in [-0.39, 0.29) is 5.91 Å². The summed E-state index contributed by atoms with van der Waals surface area (Å²) in [7, 11) is 0. The first-order chi connectivity index (χ1) is 10.8. The molecular weight excluding hydrogens is 276 g/mol. The van der Waals surface area contributed by atoms with Gasteiger partial charge in [0.25, 0.3) is 5.91 Å². The summed E-state index contributed by atoms with van der Waals surface area (Å²) in [5.41, 5.74) is 2.70. The molecule has 1 N–H and O–H groups in total. The first-order valence-electron chi connectivity index (χ1n) is 7.47. The number of hydrogen-bond donors (Lipinski definition) is 1. The van der Waals surface area contributed by atoms with Crippen LogP contribution in [0.5, 0.6) is 0 Å². The maximum atomic E-state index is 12.1. The van der Waals surface area contributed by atoms with E-state index in [1.54, 1.807) is 24.5 Å². The van der Waals surface area contributed by atoms with Crippen molar-refractivity contribution in [2.45, 2.75) is 25.4 Å². The first kappa shape index (κ1) is 13.0. The van der Waals surface area contributed by atoms with Crippen LogP contribution in [-0.2, 0) is 6.54 Å². The third-order valence-corrected chi connectivity index (χ3v) is 3.91. The number of hydrogen-bond acceptors (Lipinski definition) is 3. The van der Waals surface area contributed by atoms with E-state index in [9.17, 15) is 4.79 Å². The van der Waals surface area contributed by atoms with E-state index in [1.807, 2.05) is 18.2 Å². The van der Waals surface area contributed by atoms with Gasteiger partial charge in [-0.15, -0.1) is 0 Å². The number of fused-ring (bicyclic) bond motifs is 1. The van der Waals surface area contributed by atoms with Crippen LogP contribution in [0.4, 0.5) is 0 Å². The number of carbonyl (C=O) groups is 1. The van der Waals surface area contributed by atoms with Gasteiger partial charge in [0.15, 0.2) is 0 Å². The molecule has 0 saturated heterocycles. The van der Waals surface area contributed by atoms with Gasteiger partial charge in [-0.3, -0.25) is 9.78 Å². The zero-order chi connectivity index (χ0) is 14.9. The molecule has 1 saturated carbocycles. The van der Waals surface area contributed by atoms with E-state index in [2.05, 4.69) is 25.9 Å². The number of nitrogens with one attached hydrogen (secondary N) is 1. The van der Waals surface area contributed by atoms with Gasteiger partial charge < -0.3 is 9.88 Å². The molecule has 1 aliphatic carbocycles. The Hall–Kier alpha value is -2.69. The van der Waals surface area contributed by atoms with E-state index >= 15 is 0 Å². The molecule has 0 radical (unpaired) electrons. The number of benzene rings is 1. The van der Waals surface area contributed by atoms with Gasteiger partial charge in [0, 0.05) is 18.4 Å². The molecule has 1 amide bonds. The van der Waals surface area contributed by atoms with E-state index in [4.69, 9.17) is 0 Å². The van der Waals surface area contributed by atoms with Crippen molar-refractivity contribution in [2.75, 3.05) is 0 Å². The van der Waals surface area contributed by atoms with Crippen molar-refractivity contribution in [3.8, 4) is 0 Å². The predicted octanol–water partition coefficient (Wildman–Crippen LogP) is 2.70. The van der Waals surface area contributed by atoms with E-state index < -0.39 is 0 Å². The minimum absolute atomic E-state index is 0.123. The summed E-state index contributed by atoms with van der Waals surface area (Å²) < 4.78 is 2.26. The molecule has 1 fully saturated rings. The molecule has 0 unspecified atom stereocenters. The standard InChI is InChI=1S/C17H16N4O/c22-17(12-4-3-9-18-10-12)19-11-16-20-14-5-1-2-6-15(14)21(16)13-7-8-13/h1-6,9-10,13H,7-8,11H2,(H,19,22). The van der Waals surface area contributed by atoms with Crippen LogP contribution < -0.4 is 5.32 Å². The van der Waals surface area contributed by atoms with Crippen LogP contribution in [0.15, 0.2) is 48.8 Å². The topological polar surface area (TPSA) is 59.8 Å². The summed E-state index contributed by atoms with van der Waals surface area (Å²) in [4.78, 5) is 20.8. The molecule has 2 aromatic heterocycles. The number of aromatic nitrogens is 3. The second-order valence-electron chi connectivity index (χ2n) is 5.54. The summed E-state index contributed by atoms with van der Waals surface area (Å²) in [6.07, 6.45) is 5.59. The lowest BCUT2D eigenvalue weighted by molar-refractivity contribution is 0.0949. The molecule has 4 rings (SSSR count). The largest absolute Gasteiger partial charge is 0.345 e. The van der Waals surface area contributed by atoms with Crippen LogP contribution in [-0.4, -0.2) is 20.4 Å². The first-order valence-corrected chi connectivity index (χ1v) is 7.47. The number of amides is 1. The second kappa shape index (κ2) is 5.26. The quantitative estimate of drug-likeness (QED) is 0.804. The lowest BCUT2D eigenvalue weighted by atomic mass is 10.3. The zero-order valence-corrected chi connectivity index (χ0v) is 12.1. The maximum absolute atomic E-state index is 12.1. The van der Waals surface area contributed by atoms with E-state index in [0.717, 1.165) is 16.9 Å². The van der Waals surface area contributed by atoms with Crippen molar-refractivity contribution in [3.05, 3.63) is 60.2 Å². The molecule has 2 heterocycles. The predicted molar refractivity (Wildman–Crippen MR) is 83.4 cm³/mol. The van der Waals surface area contributed by atoms with E-state index in [0.29, 0.717) is 18.2 Å². The fourth-order valence-electron chi connectivity index (χ4n) is 2.72. The monoisotopic (exact) mass is 292 g/mol. The summed E-state index contributed by atoms with van der Waals surface area (Å²) >= 11 is 0. The summed E-state index contributed by atoms with van der Waals surface area (Å²) in [6.45, 7) is 0.429. The van der Waals surface area contributed by atoms with Crippen LogP contribution in [0.1, 0.15) is 35.1 Å². The lowest BCUT2D eigenvalue weighted by Crippen LogP contribution is -2.24. The number of pyridine rings is 1. The summed E-state index contributed by atoms with van der Waals surface area (Å²) in [6, 6.07) is 12.2. The van der Waals surface area contributed by atoms with Gasteiger partial charge in [0.1, 0.15) is 5.82 Å². The molecule has 110 valence electrons. The Bertz CT molecular complexity index is 821. The van der Waals surface area contributed by atoms with Gasteiger partial charge in [0.2, 0.25) is 0 Å². The Balaban J connectivity index is 1.59. The molecule has 0 spiro atoms. The zero-order valence-electron chi connectivity index (χ0n) is 12.1. The SMILES string of the molecule is O=C(NCc1nc2ccccc2n1C1CC1)c1cccnc1. The van der Waals surface area contributed by atoms with Crippen molar-refractivity contribution in [3.63, 3.8) is 0 Å². The molecule has 1 aliphatic rings. The summed E-state index contributed by atoms with van der Waals surface area (Å²) in [5, 5.41) is 2.94. The highest BCUT2D eigenvalue weighted by molar-refractivity contribution is 5.93. The Kier molecular flexibility index (Phi) is 3.11. The van der Waals surface area contributed by atoms with Gasteiger partial charge in [-0.25, -0.2) is 4.98 Å². The minimum atomic E-state index is -0.123. The minimum Gasteiger partial charge on any atom is -0.345 e. The summed E-state index contributed by atoms with van der Waals surface area (Å²) in [5.74, 6) is 0.795. The fraction of sp³-hybridized carbons (Fsp3) is 0.235. The Morgan fingerprint density at radius 3 is 2.86 bits per heavy atom. The molecule has 1 aromatic carbocycles. The molecule has 22 heavy (non-hydrogen) atoms. The van der Waals surface area contributed by atoms with Gasteiger partial charge in [-0.2, -0.15) is 0 Å². The third kappa shape index (κ3) is 2.35. The molecule has 3 aromatic rings. The Morgan fingerprint density at radius 2 is 2.09 bits per heavy atom. The van der Waals surface area contributed by atoms with Gasteiger partial charge >= 0.3 is 0 Å². The average molecular weight is 292 g/mol. The van der Waals surface area contributed by atoms with E-state index in [1.165, 1.54) is 12.8 Å². The highest BCUT2D eigenvalue weighted by Crippen LogP contribution is 2.38. The van der Waals surface area contributed by atoms with Crippen LogP contribution in [0.25, 0.3) is 11.0 Å². The number of imidazole rings is 1. The molecule has 5 heteroatoms. The number of nitrogens with zero attached hydrogens (tertiary/aromatic N) is 3. The van der Waals surface area contributed by atoms with Crippen molar-refractivity contribution in [2.24, 2.45) is 0 Å². The van der Waals surface area contributed by atoms with Crippen molar-refractivity contribution in [1.29, 1.82) is 0 Å². The third-order valence-electron chi connectivity index (χ3n) is 3.91. The lowest BCUT2D eigenvalue weighted by Gasteiger charge is -2.08. The normalized spacial score (nSPS) is 14.2. The maximum Gasteiger partial charge on any atom is 0.253 e. The molecule has 0 bridgehead atoms. The van der Waals surface area contributed by atoms with Crippen LogP contribution in [0.3, 0.4) is 0 Å². The Labute approximate surface area is 128 Å². The smallest absolute Gasteiger partial charge is 0.253 e. The number of para-hydroxylation sites is 2. The molecule has 5 nitrogen and oxygen atoms in total. The van der Waals surface area contributed by atoms with Gasteiger partial charge in [-0.1, -0.05) is 12.1 Å². The van der Waals surface area contributed by atoms with Crippen LogP contribution >= 0.6 is 0 Å². The highest BCUT2D eigenvalue weighted by Gasteiger charge is 2.28. The number of carbonyl (C=O) groups excluding carboxylic acids is 1. The fourth-order valence-corrected chi connectivity index (χ4v) is 2.72. The van der Waals surface area contributed by atoms with Gasteiger partial charge in [0.05, 0.1) is 23.1 Å². The van der Waals surface area contributed by atoms with Gasteiger partial charge in [-0.05, 0) is 37.1 Å². The molecule has 0 atom stereocenters. The second-order valence-corrected chi connectivity index (χ2v) is 5.54. The molecule has 0 aliphatic heterocycles. The van der Waals surface area contributed by atoms with Crippen LogP contribution in [0.2, 0.25) is 0 Å². The van der Waals surface area contributed by atoms with Crippen molar-refractivity contribution < 1.29 is 4.79 Å². The van der Waals surface area contributed by atoms with Crippen molar-refractivity contribution >= 4 is 16.9 Å². The number of rotatable bonds is 4. The van der Waals surface area contributed by atoms with Crippen LogP contribution in [0, 0.1) is 0 Å². The Morgan fingerprint density at radius 1 is 1.23 bits per heavy atom. The molecular formula is C17H16N4O. The average Bonchev–Trinajstić information content (AvgIpc) is 3.33.